The fraction of sp³-hybridized carbons (Fsp3) is 0.400. The van der Waals surface area contributed by atoms with Crippen LogP contribution in [0.3, 0.4) is 0 Å². The first kappa shape index (κ1) is 19.7. The van der Waals surface area contributed by atoms with Gasteiger partial charge in [-0.25, -0.2) is 9.97 Å². The van der Waals surface area contributed by atoms with E-state index >= 15 is 0 Å². The quantitative estimate of drug-likeness (QED) is 0.317. The molecular formula is C15H20N6O4S. The second-order valence-corrected chi connectivity index (χ2v) is 6.29. The molecule has 0 bridgehead atoms. The Morgan fingerprint density at radius 1 is 1.46 bits per heavy atom. The highest BCUT2D eigenvalue weighted by atomic mass is 32.2. The van der Waals surface area contributed by atoms with E-state index in [1.54, 1.807) is 11.8 Å². The summed E-state index contributed by atoms with van der Waals surface area (Å²) in [7, 11) is 0. The predicted molar refractivity (Wildman–Crippen MR) is 98.1 cm³/mol. The lowest BCUT2D eigenvalue weighted by atomic mass is 10.2. The minimum Gasteiger partial charge on any atom is -0.446 e. The molecule has 0 spiro atoms. The number of thioether (sulfide) groups is 1. The number of aromatic nitrogens is 2. The van der Waals surface area contributed by atoms with Crippen molar-refractivity contribution in [3.63, 3.8) is 0 Å². The van der Waals surface area contributed by atoms with Crippen LogP contribution in [0.15, 0.2) is 29.0 Å². The third kappa shape index (κ3) is 5.70. The van der Waals surface area contributed by atoms with Crippen LogP contribution in [-0.4, -0.2) is 45.9 Å². The first-order chi connectivity index (χ1) is 12.5. The summed E-state index contributed by atoms with van der Waals surface area (Å²) >= 11 is 1.68. The third-order valence-corrected chi connectivity index (χ3v) is 4.02. The minimum atomic E-state index is -0.518. The lowest BCUT2D eigenvalue weighted by Gasteiger charge is -2.06. The van der Waals surface area contributed by atoms with Gasteiger partial charge in [-0.1, -0.05) is 0 Å². The molecule has 11 heteroatoms. The Balaban J connectivity index is 1.75. The van der Waals surface area contributed by atoms with Crippen molar-refractivity contribution in [3.05, 3.63) is 46.3 Å². The molecule has 0 aliphatic carbocycles. The van der Waals surface area contributed by atoms with Gasteiger partial charge in [-0.15, -0.1) is 0 Å². The highest BCUT2D eigenvalue weighted by Gasteiger charge is 2.16. The first-order valence-electron chi connectivity index (χ1n) is 7.83. The second kappa shape index (κ2) is 9.73. The first-order valence-corrected chi connectivity index (χ1v) is 9.23. The number of nitrogens with one attached hydrogen (secondary N) is 2. The Kier molecular flexibility index (Phi) is 7.36. The Labute approximate surface area is 154 Å². The Bertz CT molecular complexity index is 736. The van der Waals surface area contributed by atoms with E-state index in [0.717, 1.165) is 18.4 Å². The summed E-state index contributed by atoms with van der Waals surface area (Å²) in [5.41, 5.74) is 6.04. The number of carbonyl (C=O) groups is 1. The fourth-order valence-corrected chi connectivity index (χ4v) is 2.48. The Morgan fingerprint density at radius 2 is 2.27 bits per heavy atom. The van der Waals surface area contributed by atoms with E-state index < -0.39 is 4.92 Å². The summed E-state index contributed by atoms with van der Waals surface area (Å²) in [6.45, 7) is 0.715. The van der Waals surface area contributed by atoms with Crippen LogP contribution < -0.4 is 16.4 Å². The van der Waals surface area contributed by atoms with Gasteiger partial charge in [0.1, 0.15) is 18.3 Å². The van der Waals surface area contributed by atoms with Crippen LogP contribution in [0, 0.1) is 10.1 Å². The summed E-state index contributed by atoms with van der Waals surface area (Å²) in [6, 6.07) is 2.52. The number of anilines is 1. The third-order valence-electron chi connectivity index (χ3n) is 3.38. The van der Waals surface area contributed by atoms with E-state index in [-0.39, 0.29) is 23.3 Å². The van der Waals surface area contributed by atoms with Gasteiger partial charge in [0.05, 0.1) is 11.0 Å². The molecule has 2 rings (SSSR count). The van der Waals surface area contributed by atoms with Gasteiger partial charge >= 0.3 is 0 Å². The number of rotatable bonds is 10. The van der Waals surface area contributed by atoms with Gasteiger partial charge in [0, 0.05) is 19.2 Å². The zero-order valence-electron chi connectivity index (χ0n) is 14.2. The number of carbonyl (C=O) groups excluding carboxylic acids is 1. The summed E-state index contributed by atoms with van der Waals surface area (Å²) in [5.74, 6) is 1.34. The van der Waals surface area contributed by atoms with Gasteiger partial charge in [0.25, 0.3) is 11.6 Å². The monoisotopic (exact) mass is 380 g/mol. The minimum absolute atomic E-state index is 0.0820. The molecule has 26 heavy (non-hydrogen) atoms. The van der Waals surface area contributed by atoms with Crippen molar-refractivity contribution in [1.82, 2.24) is 15.3 Å². The molecule has 0 aliphatic rings. The maximum atomic E-state index is 12.0. The highest BCUT2D eigenvalue weighted by Crippen LogP contribution is 2.15. The van der Waals surface area contributed by atoms with Crippen molar-refractivity contribution in [2.45, 2.75) is 12.5 Å². The molecule has 2 aromatic heterocycles. The lowest BCUT2D eigenvalue weighted by molar-refractivity contribution is -0.385. The van der Waals surface area contributed by atoms with E-state index in [1.807, 2.05) is 6.26 Å². The molecule has 2 heterocycles. The number of nitrogens with zero attached hydrogens (tertiary/aromatic N) is 3. The molecule has 0 aromatic carbocycles. The average Bonchev–Trinajstić information content (AvgIpc) is 3.14. The summed E-state index contributed by atoms with van der Waals surface area (Å²) in [4.78, 5) is 30.1. The average molecular weight is 380 g/mol. The Morgan fingerprint density at radius 3 is 2.92 bits per heavy atom. The van der Waals surface area contributed by atoms with Gasteiger partial charge in [-0.05, 0) is 24.5 Å². The molecular weight excluding hydrogens is 360 g/mol. The maximum absolute atomic E-state index is 12.0. The van der Waals surface area contributed by atoms with Crippen molar-refractivity contribution in [2.24, 2.45) is 5.73 Å². The number of nitro groups is 1. The van der Waals surface area contributed by atoms with Crippen molar-refractivity contribution < 1.29 is 14.1 Å². The van der Waals surface area contributed by atoms with Gasteiger partial charge in [0.15, 0.2) is 5.69 Å². The van der Waals surface area contributed by atoms with Crippen molar-refractivity contribution in [2.75, 3.05) is 30.4 Å². The molecule has 140 valence electrons. The highest BCUT2D eigenvalue weighted by molar-refractivity contribution is 7.98. The number of hydrogen-bond acceptors (Lipinski definition) is 9. The van der Waals surface area contributed by atoms with E-state index in [2.05, 4.69) is 20.6 Å². The molecule has 0 aliphatic heterocycles. The lowest BCUT2D eigenvalue weighted by Crippen LogP contribution is -2.29. The van der Waals surface area contributed by atoms with Crippen LogP contribution in [-0.2, 0) is 0 Å². The van der Waals surface area contributed by atoms with E-state index in [0.29, 0.717) is 24.8 Å². The summed E-state index contributed by atoms with van der Waals surface area (Å²) < 4.78 is 5.26. The molecule has 10 nitrogen and oxygen atoms in total. The molecule has 1 amide bonds. The predicted octanol–water partition coefficient (Wildman–Crippen LogP) is 1.57. The summed E-state index contributed by atoms with van der Waals surface area (Å²) in [5, 5.41) is 16.2. The molecule has 1 unspecified atom stereocenters. The molecule has 2 aromatic rings. The number of oxazole rings is 1. The number of nitrogens with two attached hydrogens (primary N) is 1. The van der Waals surface area contributed by atoms with Crippen LogP contribution in [0.4, 0.5) is 11.5 Å². The van der Waals surface area contributed by atoms with Gasteiger partial charge in [-0.3, -0.25) is 14.9 Å². The topological polar surface area (TPSA) is 149 Å². The van der Waals surface area contributed by atoms with Crippen LogP contribution in [0.1, 0.15) is 28.8 Å². The van der Waals surface area contributed by atoms with Crippen LogP contribution in [0.5, 0.6) is 0 Å². The normalized spacial score (nSPS) is 11.8. The molecule has 1 atom stereocenters. The van der Waals surface area contributed by atoms with E-state index in [4.69, 9.17) is 10.2 Å². The molecule has 0 fully saturated rings. The smallest absolute Gasteiger partial charge is 0.287 e. The van der Waals surface area contributed by atoms with Gasteiger partial charge in [-0.2, -0.15) is 11.8 Å². The fourth-order valence-electron chi connectivity index (χ4n) is 1.99. The molecule has 0 saturated carbocycles. The van der Waals surface area contributed by atoms with Crippen molar-refractivity contribution in [1.29, 1.82) is 0 Å². The van der Waals surface area contributed by atoms with Gasteiger partial charge in [0.2, 0.25) is 5.89 Å². The zero-order chi connectivity index (χ0) is 18.9. The van der Waals surface area contributed by atoms with Gasteiger partial charge < -0.3 is 20.8 Å². The largest absolute Gasteiger partial charge is 0.446 e. The summed E-state index contributed by atoms with van der Waals surface area (Å²) in [6.07, 6.45) is 5.16. The number of pyridine rings is 1. The van der Waals surface area contributed by atoms with Crippen molar-refractivity contribution in [3.8, 4) is 0 Å². The van der Waals surface area contributed by atoms with Crippen LogP contribution >= 0.6 is 11.8 Å². The van der Waals surface area contributed by atoms with Crippen LogP contribution in [0.25, 0.3) is 0 Å². The second-order valence-electron chi connectivity index (χ2n) is 5.30. The molecule has 0 radical (unpaired) electrons. The van der Waals surface area contributed by atoms with Crippen molar-refractivity contribution >= 4 is 29.2 Å². The van der Waals surface area contributed by atoms with Crippen LogP contribution in [0.2, 0.25) is 0 Å². The van der Waals surface area contributed by atoms with E-state index in [1.165, 1.54) is 18.4 Å². The number of hydrogen-bond donors (Lipinski definition) is 3. The molecule has 4 N–H and O–H groups in total. The maximum Gasteiger partial charge on any atom is 0.287 e. The zero-order valence-corrected chi connectivity index (χ0v) is 15.0. The standard InChI is InChI=1S/C15H20N6O4S/c1-26-7-4-11(16)15-20-12(9-25-15)14(22)18-6-5-17-13-3-2-10(8-19-13)21(23)24/h2-3,8-9,11H,4-7,16H2,1H3,(H,17,19)(H,18,22). The number of amides is 1. The SMILES string of the molecule is CSCCC(N)c1nc(C(=O)NCCNc2ccc([N+](=O)[O-])cn2)co1. The molecule has 0 saturated heterocycles. The Hall–Kier alpha value is -2.66. The van der Waals surface area contributed by atoms with E-state index in [9.17, 15) is 14.9 Å².